The molecule has 0 bridgehead atoms. The number of alkyl carbamates (subject to hydrolysis) is 1. The predicted molar refractivity (Wildman–Crippen MR) is 288 cm³/mol. The van der Waals surface area contributed by atoms with Gasteiger partial charge in [-0.1, -0.05) is 66.7 Å². The highest BCUT2D eigenvalue weighted by molar-refractivity contribution is 6.15. The monoisotopic (exact) mass is 1110 g/mol. The Morgan fingerprint density at radius 3 is 1.98 bits per heavy atom. The maximum Gasteiger partial charge on any atom is 0.407 e. The number of hydrogen-bond acceptors (Lipinski definition) is 14. The molecule has 4 aromatic carbocycles. The van der Waals surface area contributed by atoms with Gasteiger partial charge in [0.1, 0.15) is 36.1 Å². The molecular weight excluding hydrogens is 1050 g/mol. The fourth-order valence-electron chi connectivity index (χ4n) is 8.55. The van der Waals surface area contributed by atoms with Crippen LogP contribution in [0.2, 0.25) is 0 Å². The van der Waals surface area contributed by atoms with Gasteiger partial charge >= 0.3 is 12.1 Å². The lowest BCUT2D eigenvalue weighted by atomic mass is 10.0. The van der Waals surface area contributed by atoms with Crippen molar-refractivity contribution in [2.45, 2.75) is 90.0 Å². The van der Waals surface area contributed by atoms with Gasteiger partial charge in [-0.2, -0.15) is 0 Å². The molecule has 25 nitrogen and oxygen atoms in total. The Balaban J connectivity index is 0.795. The summed E-state index contributed by atoms with van der Waals surface area (Å²) in [7, 11) is 0. The second-order valence-electron chi connectivity index (χ2n) is 19.9. The van der Waals surface area contributed by atoms with E-state index in [0.29, 0.717) is 27.5 Å². The number of piperidine rings is 1. The van der Waals surface area contributed by atoms with Crippen LogP contribution in [0.5, 0.6) is 5.75 Å². The van der Waals surface area contributed by atoms with E-state index >= 15 is 0 Å². The molecule has 0 spiro atoms. The molecular formula is C56H61N11O14. The first-order chi connectivity index (χ1) is 38.7. The van der Waals surface area contributed by atoms with Crippen molar-refractivity contribution in [2.75, 3.05) is 31.5 Å². The van der Waals surface area contributed by atoms with Crippen molar-refractivity contribution in [1.29, 1.82) is 0 Å². The van der Waals surface area contributed by atoms with E-state index < -0.39 is 109 Å². The average molecular weight is 1110 g/mol. The lowest BCUT2D eigenvalue weighted by Gasteiger charge is -2.29. The number of nitrogens with zero attached hydrogens (tertiary/aromatic N) is 2. The minimum absolute atomic E-state index is 0.0343. The summed E-state index contributed by atoms with van der Waals surface area (Å²) in [5, 5.41) is 22.7. The maximum absolute atomic E-state index is 13.4. The van der Waals surface area contributed by atoms with E-state index in [9.17, 15) is 57.5 Å². The Bertz CT molecular complexity index is 3090. The van der Waals surface area contributed by atoms with E-state index in [2.05, 4.69) is 47.9 Å². The van der Waals surface area contributed by atoms with Crippen LogP contribution in [0.1, 0.15) is 71.8 Å². The van der Waals surface area contributed by atoms with Gasteiger partial charge in [0.2, 0.25) is 41.4 Å². The van der Waals surface area contributed by atoms with Crippen molar-refractivity contribution in [2.24, 2.45) is 0 Å². The minimum atomic E-state index is -1.55. The normalized spacial score (nSPS) is 15.3. The molecule has 9 N–H and O–H groups in total. The summed E-state index contributed by atoms with van der Waals surface area (Å²) in [5.41, 5.74) is 3.89. The predicted octanol–water partition coefficient (Wildman–Crippen LogP) is 0.859. The number of fused-ring (bicyclic) bond motifs is 1. The number of benzene rings is 4. The summed E-state index contributed by atoms with van der Waals surface area (Å²) in [6.45, 7) is 3.36. The van der Waals surface area contributed by atoms with Crippen LogP contribution in [0.25, 0.3) is 0 Å². The third kappa shape index (κ3) is 17.3. The van der Waals surface area contributed by atoms with Gasteiger partial charge in [0, 0.05) is 55.9 Å². The van der Waals surface area contributed by atoms with E-state index in [1.807, 2.05) is 18.2 Å². The molecule has 3 heterocycles. The van der Waals surface area contributed by atoms with E-state index in [1.165, 1.54) is 4.90 Å². The fourth-order valence-corrected chi connectivity index (χ4v) is 8.55. The van der Waals surface area contributed by atoms with Gasteiger partial charge in [0.25, 0.3) is 17.7 Å². The summed E-state index contributed by atoms with van der Waals surface area (Å²) in [6.07, 6.45) is 1.46. The van der Waals surface area contributed by atoms with E-state index in [4.69, 9.17) is 9.47 Å². The molecule has 81 heavy (non-hydrogen) atoms. The first-order valence-corrected chi connectivity index (χ1v) is 25.7. The van der Waals surface area contributed by atoms with E-state index in [-0.39, 0.29) is 57.3 Å². The number of carbonyl (C=O) groups excluding carboxylic acids is 12. The van der Waals surface area contributed by atoms with Crippen molar-refractivity contribution in [3.63, 3.8) is 0 Å². The van der Waals surface area contributed by atoms with Gasteiger partial charge < -0.3 is 56.9 Å². The van der Waals surface area contributed by atoms with Gasteiger partial charge in [-0.05, 0) is 85.3 Å². The number of imide groups is 2. The van der Waals surface area contributed by atoms with Crippen LogP contribution in [0.3, 0.4) is 0 Å². The molecule has 25 heteroatoms. The average Bonchev–Trinajstić information content (AvgIpc) is 3.99. The third-order valence-corrected chi connectivity index (χ3v) is 12.6. The fraction of sp³-hybridized carbons (Fsp3) is 0.321. The zero-order chi connectivity index (χ0) is 58.2. The summed E-state index contributed by atoms with van der Waals surface area (Å²) in [5.74, 6) is -5.95. The number of ether oxygens (including phenoxy) is 2. The summed E-state index contributed by atoms with van der Waals surface area (Å²) >= 11 is 0. The van der Waals surface area contributed by atoms with Crippen molar-refractivity contribution >= 4 is 76.9 Å². The number of amides is 13. The quantitative estimate of drug-likeness (QED) is 0.0466. The van der Waals surface area contributed by atoms with Crippen LogP contribution in [0, 0.1) is 0 Å². The standard InChI is InChI=1S/C56H61N11O14/c1-56(2,3)81-55(79)62-27-43(67-48(72)21-22-49(67)73)51(75)60-29-46(70)58-30-47(71)64-41(24-33-7-5-4-6-8-33)50(74)59-28-45(69)57-25-34-9-11-35(12-10-34)32-80-39-16-14-38(15-17-39)63-54(78)61-26-36-13-18-40-37(23-36)31-66(53(40)77)42-19-20-44(68)65-52(42)76/h4-18,21-23,41-43H,19-20,24-32H2,1-3H3,(H,57,69)(H,58,70)(H,59,74)(H,60,75)(H,62,79)(H,64,71)(H2,61,63,78)(H,65,68,76)/t41-,42?,43-/m0/s1. The number of anilines is 1. The van der Waals surface area contributed by atoms with Crippen LogP contribution in [-0.4, -0.2) is 131 Å². The lowest BCUT2D eigenvalue weighted by molar-refractivity contribution is -0.145. The summed E-state index contributed by atoms with van der Waals surface area (Å²) in [6, 6.07) is 24.1. The van der Waals surface area contributed by atoms with Crippen molar-refractivity contribution in [1.82, 2.24) is 52.3 Å². The molecule has 0 radical (unpaired) electrons. The van der Waals surface area contributed by atoms with E-state index in [1.54, 1.807) is 99.6 Å². The molecule has 7 rings (SSSR count). The Kier molecular flexibility index (Phi) is 19.6. The molecule has 1 unspecified atom stereocenters. The highest BCUT2D eigenvalue weighted by Crippen LogP contribution is 2.28. The maximum atomic E-state index is 13.4. The second kappa shape index (κ2) is 27.1. The molecule has 0 aromatic heterocycles. The van der Waals surface area contributed by atoms with Crippen LogP contribution < -0.4 is 52.6 Å². The van der Waals surface area contributed by atoms with Crippen LogP contribution in [0.4, 0.5) is 15.3 Å². The Labute approximate surface area is 464 Å². The minimum Gasteiger partial charge on any atom is -0.489 e. The zero-order valence-corrected chi connectivity index (χ0v) is 44.5. The number of urea groups is 1. The van der Waals surface area contributed by atoms with Crippen LogP contribution >= 0.6 is 0 Å². The first-order valence-electron chi connectivity index (χ1n) is 25.7. The van der Waals surface area contributed by atoms with Gasteiger partial charge in [0.15, 0.2) is 0 Å². The zero-order valence-electron chi connectivity index (χ0n) is 44.5. The molecule has 1 saturated heterocycles. The molecule has 0 aliphatic carbocycles. The Hall–Kier alpha value is -9.94. The molecule has 1 fully saturated rings. The van der Waals surface area contributed by atoms with Crippen molar-refractivity contribution < 1.29 is 67.0 Å². The summed E-state index contributed by atoms with van der Waals surface area (Å²) in [4.78, 5) is 154. The Morgan fingerprint density at radius 2 is 1.30 bits per heavy atom. The smallest absolute Gasteiger partial charge is 0.407 e. The van der Waals surface area contributed by atoms with Gasteiger partial charge in [-0.25, -0.2) is 9.59 Å². The highest BCUT2D eigenvalue weighted by Gasteiger charge is 2.40. The topological polar surface area (TPSA) is 338 Å². The van der Waals surface area contributed by atoms with Crippen molar-refractivity contribution in [3.05, 3.63) is 143 Å². The Morgan fingerprint density at radius 1 is 0.667 bits per heavy atom. The molecule has 0 saturated carbocycles. The lowest BCUT2D eigenvalue weighted by Crippen LogP contribution is -2.56. The molecule has 3 atom stereocenters. The summed E-state index contributed by atoms with van der Waals surface area (Å²) < 4.78 is 11.1. The van der Waals surface area contributed by atoms with Gasteiger partial charge in [-0.3, -0.25) is 58.2 Å². The number of rotatable bonds is 23. The highest BCUT2D eigenvalue weighted by atomic mass is 16.6. The first kappa shape index (κ1) is 58.7. The molecule has 13 amide bonds. The van der Waals surface area contributed by atoms with E-state index in [0.717, 1.165) is 34.4 Å². The third-order valence-electron chi connectivity index (χ3n) is 12.6. The van der Waals surface area contributed by atoms with Crippen LogP contribution in [-0.2, 0) is 80.5 Å². The molecule has 3 aliphatic rings. The number of nitrogens with one attached hydrogen (secondary N) is 9. The second-order valence-corrected chi connectivity index (χ2v) is 19.9. The largest absolute Gasteiger partial charge is 0.489 e. The number of carbonyl (C=O) groups is 12. The van der Waals surface area contributed by atoms with Crippen molar-refractivity contribution in [3.8, 4) is 5.75 Å². The number of hydrogen-bond donors (Lipinski definition) is 9. The van der Waals surface area contributed by atoms with Gasteiger partial charge in [-0.15, -0.1) is 0 Å². The molecule has 4 aromatic rings. The molecule has 3 aliphatic heterocycles. The molecule has 424 valence electrons. The van der Waals surface area contributed by atoms with Gasteiger partial charge in [0.05, 0.1) is 26.2 Å². The van der Waals surface area contributed by atoms with Crippen LogP contribution in [0.15, 0.2) is 109 Å². The SMILES string of the molecule is CC(C)(C)OC(=O)NC[C@@H](C(=O)NCC(=O)NCC(=O)N[C@@H](Cc1ccccc1)C(=O)NCC(=O)NCc1ccc(COc2ccc(NC(=O)NCc3ccc4c(c3)CN(C3CCC(=O)NC3=O)C4=O)cc2)cc1)N1C(=O)C=CC1=O.